The average molecular weight is 479 g/mol. The first-order valence-electron chi connectivity index (χ1n) is 9.77. The lowest BCUT2D eigenvalue weighted by atomic mass is 10.2. The Morgan fingerprint density at radius 3 is 2.32 bits per heavy atom. The van der Waals surface area contributed by atoms with Gasteiger partial charge in [0.15, 0.2) is 0 Å². The maximum Gasteiger partial charge on any atom is 0.334 e. The minimum Gasteiger partial charge on any atom is -0.480 e. The van der Waals surface area contributed by atoms with Crippen molar-refractivity contribution in [3.8, 4) is 0 Å². The molecule has 176 valence electrons. The van der Waals surface area contributed by atoms with Crippen LogP contribution in [-0.4, -0.2) is 74.6 Å². The molecule has 0 aliphatic heterocycles. The second-order valence-corrected chi connectivity index (χ2v) is 9.37. The van der Waals surface area contributed by atoms with Gasteiger partial charge in [0, 0.05) is 18.4 Å². The van der Waals surface area contributed by atoms with Gasteiger partial charge >= 0.3 is 13.6 Å². The summed E-state index contributed by atoms with van der Waals surface area (Å²) in [6.45, 7) is 6.44. The van der Waals surface area contributed by atoms with Crippen LogP contribution >= 0.6 is 20.2 Å². The van der Waals surface area contributed by atoms with Crippen LogP contribution in [0.5, 0.6) is 0 Å². The molecule has 1 rings (SSSR count). The molecule has 0 saturated carbocycles. The van der Waals surface area contributed by atoms with Gasteiger partial charge < -0.3 is 24.8 Å². The van der Waals surface area contributed by atoms with E-state index in [1.807, 2.05) is 0 Å². The highest BCUT2D eigenvalue weighted by Gasteiger charge is 2.35. The van der Waals surface area contributed by atoms with Crippen LogP contribution in [0.3, 0.4) is 0 Å². The van der Waals surface area contributed by atoms with E-state index in [9.17, 15) is 18.9 Å². The minimum atomic E-state index is -3.38. The number of nitrogens with one attached hydrogen (secondary N) is 2. The summed E-state index contributed by atoms with van der Waals surface area (Å²) in [6, 6.07) is -2.01. The number of carbonyl (C=O) groups excluding carboxylic acids is 2. The first kappa shape index (κ1) is 27.1. The Bertz CT molecular complexity index is 796. The lowest BCUT2D eigenvalue weighted by Gasteiger charge is -2.24. The minimum absolute atomic E-state index is 0.209. The molecule has 3 unspecified atom stereocenters. The molecule has 1 heterocycles. The SMILES string of the molecule is CCOP(=O)(OCC)C(CS)Cc1cn(CC(=O)NC(C)C(=O)NC(C)C(=O)O)nn1. The molecule has 2 amide bonds. The third kappa shape index (κ3) is 8.60. The highest BCUT2D eigenvalue weighted by molar-refractivity contribution is 7.80. The summed E-state index contributed by atoms with van der Waals surface area (Å²) in [5.74, 6) is -2.07. The first-order valence-corrected chi connectivity index (χ1v) is 12.0. The molecular formula is C17H30N5O7PS. The molecule has 3 atom stereocenters. The highest BCUT2D eigenvalue weighted by atomic mass is 32.1. The average Bonchev–Trinajstić information content (AvgIpc) is 3.12. The maximum atomic E-state index is 12.9. The molecule has 0 radical (unpaired) electrons. The first-order chi connectivity index (χ1) is 14.6. The summed E-state index contributed by atoms with van der Waals surface area (Å²) in [5.41, 5.74) is -0.0535. The van der Waals surface area contributed by atoms with Crippen molar-refractivity contribution >= 4 is 38.0 Å². The van der Waals surface area contributed by atoms with Gasteiger partial charge in [-0.15, -0.1) is 5.10 Å². The van der Waals surface area contributed by atoms with Gasteiger partial charge in [-0.05, 0) is 27.7 Å². The summed E-state index contributed by atoms with van der Waals surface area (Å²) in [4.78, 5) is 34.9. The lowest BCUT2D eigenvalue weighted by Crippen LogP contribution is -2.49. The number of amides is 2. The molecular weight excluding hydrogens is 449 g/mol. The van der Waals surface area contributed by atoms with Gasteiger partial charge in [0.25, 0.3) is 0 Å². The fourth-order valence-corrected chi connectivity index (χ4v) is 5.09. The van der Waals surface area contributed by atoms with Crippen LogP contribution < -0.4 is 10.6 Å². The number of rotatable bonds is 14. The van der Waals surface area contributed by atoms with Crippen LogP contribution in [0.4, 0.5) is 0 Å². The van der Waals surface area contributed by atoms with E-state index in [1.165, 1.54) is 24.7 Å². The van der Waals surface area contributed by atoms with Gasteiger partial charge in [0.05, 0.1) is 24.6 Å². The zero-order chi connectivity index (χ0) is 23.6. The van der Waals surface area contributed by atoms with E-state index in [4.69, 9.17) is 14.2 Å². The van der Waals surface area contributed by atoms with Crippen molar-refractivity contribution in [2.75, 3.05) is 19.0 Å². The summed E-state index contributed by atoms with van der Waals surface area (Å²) in [6.07, 6.45) is 1.75. The van der Waals surface area contributed by atoms with Crippen LogP contribution in [0.1, 0.15) is 33.4 Å². The number of aromatic nitrogens is 3. The smallest absolute Gasteiger partial charge is 0.334 e. The normalized spacial score (nSPS) is 14.5. The second kappa shape index (κ2) is 12.8. The number of hydrogen-bond donors (Lipinski definition) is 4. The third-order valence-electron chi connectivity index (χ3n) is 4.11. The predicted octanol–water partition coefficient (Wildman–Crippen LogP) is 0.479. The largest absolute Gasteiger partial charge is 0.480 e. The van der Waals surface area contributed by atoms with Crippen molar-refractivity contribution < 1.29 is 33.1 Å². The molecule has 0 aliphatic carbocycles. The Balaban J connectivity index is 2.69. The van der Waals surface area contributed by atoms with Crippen molar-refractivity contribution in [1.29, 1.82) is 0 Å². The molecule has 3 N–H and O–H groups in total. The molecule has 12 nitrogen and oxygen atoms in total. The van der Waals surface area contributed by atoms with Gasteiger partial charge in [-0.3, -0.25) is 18.9 Å². The number of aliphatic carboxylic acids is 1. The van der Waals surface area contributed by atoms with E-state index in [0.717, 1.165) is 0 Å². The zero-order valence-corrected chi connectivity index (χ0v) is 19.8. The van der Waals surface area contributed by atoms with Crippen LogP contribution in [-0.2, 0) is 41.0 Å². The van der Waals surface area contributed by atoms with Gasteiger partial charge in [-0.2, -0.15) is 12.6 Å². The van der Waals surface area contributed by atoms with Gasteiger partial charge in [-0.25, -0.2) is 4.68 Å². The summed E-state index contributed by atoms with van der Waals surface area (Å²) < 4.78 is 25.0. The van der Waals surface area contributed by atoms with E-state index in [1.54, 1.807) is 13.8 Å². The summed E-state index contributed by atoms with van der Waals surface area (Å²) >= 11 is 4.25. The maximum absolute atomic E-state index is 12.9. The molecule has 14 heteroatoms. The number of carbonyl (C=O) groups is 3. The third-order valence-corrected chi connectivity index (χ3v) is 7.34. The highest BCUT2D eigenvalue weighted by Crippen LogP contribution is 2.54. The fourth-order valence-electron chi connectivity index (χ4n) is 2.54. The van der Waals surface area contributed by atoms with E-state index in [-0.39, 0.29) is 31.9 Å². The van der Waals surface area contributed by atoms with Crippen LogP contribution in [0.25, 0.3) is 0 Å². The van der Waals surface area contributed by atoms with E-state index >= 15 is 0 Å². The Kier molecular flexibility index (Phi) is 11.2. The Labute approximate surface area is 186 Å². The molecule has 1 aromatic rings. The Morgan fingerprint density at radius 2 is 1.81 bits per heavy atom. The number of thiol groups is 1. The Morgan fingerprint density at radius 1 is 1.19 bits per heavy atom. The molecule has 1 aromatic heterocycles. The van der Waals surface area contributed by atoms with E-state index in [0.29, 0.717) is 5.69 Å². The molecule has 31 heavy (non-hydrogen) atoms. The fraction of sp³-hybridized carbons (Fsp3) is 0.706. The van der Waals surface area contributed by atoms with Crippen molar-refractivity contribution in [2.45, 2.75) is 58.4 Å². The molecule has 0 saturated heterocycles. The van der Waals surface area contributed by atoms with E-state index in [2.05, 4.69) is 33.6 Å². The van der Waals surface area contributed by atoms with Crippen LogP contribution in [0.15, 0.2) is 6.20 Å². The monoisotopic (exact) mass is 479 g/mol. The molecule has 0 bridgehead atoms. The molecule has 0 aromatic carbocycles. The topological polar surface area (TPSA) is 162 Å². The number of hydrogen-bond acceptors (Lipinski definition) is 9. The molecule has 0 spiro atoms. The quantitative estimate of drug-likeness (QED) is 0.220. The molecule has 0 fully saturated rings. The second-order valence-electron chi connectivity index (χ2n) is 6.68. The van der Waals surface area contributed by atoms with Crippen LogP contribution in [0.2, 0.25) is 0 Å². The number of nitrogens with zero attached hydrogens (tertiary/aromatic N) is 3. The summed E-state index contributed by atoms with van der Waals surface area (Å²) in [5, 5.41) is 21.4. The van der Waals surface area contributed by atoms with Crippen molar-refractivity contribution in [1.82, 2.24) is 25.6 Å². The Hall–Kier alpha value is -1.95. The van der Waals surface area contributed by atoms with Crippen molar-refractivity contribution in [3.63, 3.8) is 0 Å². The van der Waals surface area contributed by atoms with E-state index < -0.39 is 43.1 Å². The van der Waals surface area contributed by atoms with Gasteiger partial charge in [0.1, 0.15) is 18.6 Å². The number of carboxylic acid groups (broad SMARTS) is 1. The van der Waals surface area contributed by atoms with Crippen LogP contribution in [0, 0.1) is 0 Å². The lowest BCUT2D eigenvalue weighted by molar-refractivity contribution is -0.141. The van der Waals surface area contributed by atoms with Crippen molar-refractivity contribution in [2.24, 2.45) is 0 Å². The summed E-state index contributed by atoms with van der Waals surface area (Å²) in [7, 11) is -3.38. The van der Waals surface area contributed by atoms with Crippen molar-refractivity contribution in [3.05, 3.63) is 11.9 Å². The standard InChI is InChI=1S/C17H30N5O7PS/c1-5-28-30(27,29-6-2)14(10-31)7-13-8-22(21-20-13)9-15(23)18-11(3)16(24)19-12(4)17(25)26/h8,11-12,14,31H,5-7,9-10H2,1-4H3,(H,18,23)(H,19,24)(H,25,26). The molecule has 0 aliphatic rings. The number of carboxylic acids is 1. The predicted molar refractivity (Wildman–Crippen MR) is 115 cm³/mol. The van der Waals surface area contributed by atoms with Gasteiger partial charge in [0.2, 0.25) is 11.8 Å². The van der Waals surface area contributed by atoms with Gasteiger partial charge in [-0.1, -0.05) is 5.21 Å². The zero-order valence-electron chi connectivity index (χ0n) is 18.0.